The van der Waals surface area contributed by atoms with Crippen molar-refractivity contribution < 1.29 is 44.5 Å². The van der Waals surface area contributed by atoms with Gasteiger partial charge in [-0.3, -0.25) is 4.79 Å². The Balaban J connectivity index is 2.05. The minimum atomic E-state index is -1.55. The number of aliphatic hydroxyl groups is 4. The third kappa shape index (κ3) is 5.05. The first kappa shape index (κ1) is 20.4. The van der Waals surface area contributed by atoms with E-state index >= 15 is 0 Å². The Bertz CT molecular complexity index is 604. The largest absolute Gasteiger partial charge is 0.508 e. The smallest absolute Gasteiger partial charge is 0.305 e. The summed E-state index contributed by atoms with van der Waals surface area (Å²) in [7, 11) is 1.31. The van der Waals surface area contributed by atoms with Crippen LogP contribution < -0.4 is 4.74 Å². The molecule has 0 radical (unpaired) electrons. The number of benzene rings is 1. The number of aryl methyl sites for hydroxylation is 1. The van der Waals surface area contributed by atoms with Crippen LogP contribution in [0.2, 0.25) is 0 Å². The Kier molecular flexibility index (Phi) is 7.18. The number of hydrogen-bond acceptors (Lipinski definition) is 9. The number of aromatic hydroxyl groups is 1. The highest BCUT2D eigenvalue weighted by Crippen LogP contribution is 2.28. The van der Waals surface area contributed by atoms with Crippen molar-refractivity contribution in [2.45, 2.75) is 50.0 Å². The minimum Gasteiger partial charge on any atom is -0.508 e. The van der Waals surface area contributed by atoms with E-state index in [2.05, 4.69) is 4.74 Å². The van der Waals surface area contributed by atoms with Crippen molar-refractivity contribution >= 4 is 5.97 Å². The quantitative estimate of drug-likeness (QED) is 0.383. The molecule has 0 bridgehead atoms. The highest BCUT2D eigenvalue weighted by atomic mass is 16.7. The van der Waals surface area contributed by atoms with Crippen molar-refractivity contribution in [3.63, 3.8) is 0 Å². The number of rotatable bonds is 7. The van der Waals surface area contributed by atoms with Gasteiger partial charge < -0.3 is 39.7 Å². The fourth-order valence-electron chi connectivity index (χ4n) is 2.69. The first-order valence-electron chi connectivity index (χ1n) is 8.22. The normalized spacial score (nSPS) is 28.6. The van der Waals surface area contributed by atoms with Gasteiger partial charge >= 0.3 is 5.97 Å². The number of methoxy groups -OCH3 is 1. The summed E-state index contributed by atoms with van der Waals surface area (Å²) in [6.45, 7) is -0.566. The van der Waals surface area contributed by atoms with Gasteiger partial charge in [0.25, 0.3) is 0 Å². The Morgan fingerprint density at radius 1 is 1.15 bits per heavy atom. The number of phenolic OH excluding ortho intramolecular Hbond substituents is 1. The van der Waals surface area contributed by atoms with Gasteiger partial charge in [-0.25, -0.2) is 0 Å². The Morgan fingerprint density at radius 3 is 2.54 bits per heavy atom. The van der Waals surface area contributed by atoms with Gasteiger partial charge in [0.1, 0.15) is 35.9 Å². The summed E-state index contributed by atoms with van der Waals surface area (Å²) in [5.74, 6) is -0.245. The molecule has 0 saturated carbocycles. The van der Waals surface area contributed by atoms with Gasteiger partial charge in [-0.05, 0) is 30.5 Å². The van der Waals surface area contributed by atoms with Crippen LogP contribution in [0.1, 0.15) is 18.4 Å². The predicted molar refractivity (Wildman–Crippen MR) is 87.5 cm³/mol. The summed E-state index contributed by atoms with van der Waals surface area (Å²) < 4.78 is 15.3. The second-order valence-electron chi connectivity index (χ2n) is 6.08. The van der Waals surface area contributed by atoms with Crippen molar-refractivity contribution in [3.05, 3.63) is 23.8 Å². The van der Waals surface area contributed by atoms with Crippen LogP contribution in [0.15, 0.2) is 18.2 Å². The molecule has 1 fully saturated rings. The SMILES string of the molecule is COC(=O)CCCc1cc(O)cc(OC2OC(CO)C(O)C(O)C2O)c1. The monoisotopic (exact) mass is 372 g/mol. The van der Waals surface area contributed by atoms with Crippen LogP contribution in [0.4, 0.5) is 0 Å². The number of aliphatic hydroxyl groups excluding tert-OH is 4. The number of phenols is 1. The van der Waals surface area contributed by atoms with Gasteiger partial charge in [0.05, 0.1) is 13.7 Å². The molecule has 1 aliphatic rings. The minimum absolute atomic E-state index is 0.0832. The van der Waals surface area contributed by atoms with Crippen molar-refractivity contribution in [1.82, 2.24) is 0 Å². The van der Waals surface area contributed by atoms with Crippen molar-refractivity contribution in [2.24, 2.45) is 0 Å². The second-order valence-corrected chi connectivity index (χ2v) is 6.08. The van der Waals surface area contributed by atoms with Crippen LogP contribution >= 0.6 is 0 Å². The first-order valence-corrected chi connectivity index (χ1v) is 8.22. The van der Waals surface area contributed by atoms with E-state index in [9.17, 15) is 30.3 Å². The van der Waals surface area contributed by atoms with Gasteiger partial charge in [-0.1, -0.05) is 0 Å². The van der Waals surface area contributed by atoms with E-state index in [1.165, 1.54) is 19.2 Å². The van der Waals surface area contributed by atoms with Gasteiger partial charge in [0.2, 0.25) is 6.29 Å². The Hall–Kier alpha value is -1.91. The molecule has 26 heavy (non-hydrogen) atoms. The van der Waals surface area contributed by atoms with Crippen LogP contribution in [0, 0.1) is 0 Å². The maximum atomic E-state index is 11.1. The van der Waals surface area contributed by atoms with E-state index in [4.69, 9.17) is 9.47 Å². The van der Waals surface area contributed by atoms with Crippen LogP contribution in [0.3, 0.4) is 0 Å². The van der Waals surface area contributed by atoms with E-state index in [1.54, 1.807) is 6.07 Å². The molecule has 0 spiro atoms. The Morgan fingerprint density at radius 2 is 1.88 bits per heavy atom. The number of ether oxygens (including phenoxy) is 3. The second kappa shape index (κ2) is 9.15. The average Bonchev–Trinajstić information content (AvgIpc) is 2.61. The number of esters is 1. The molecule has 1 saturated heterocycles. The van der Waals surface area contributed by atoms with Crippen LogP contribution in [0.25, 0.3) is 0 Å². The van der Waals surface area contributed by atoms with Crippen LogP contribution in [-0.2, 0) is 20.7 Å². The summed E-state index contributed by atoms with van der Waals surface area (Å²) in [6.07, 6.45) is -5.78. The fraction of sp³-hybridized carbons (Fsp3) is 0.588. The molecule has 1 aromatic carbocycles. The zero-order valence-corrected chi connectivity index (χ0v) is 14.3. The van der Waals surface area contributed by atoms with E-state index < -0.39 is 37.3 Å². The molecular weight excluding hydrogens is 348 g/mol. The van der Waals surface area contributed by atoms with Gasteiger partial charge in [-0.15, -0.1) is 0 Å². The average molecular weight is 372 g/mol. The topological polar surface area (TPSA) is 146 Å². The lowest BCUT2D eigenvalue weighted by atomic mass is 9.99. The molecule has 1 aliphatic heterocycles. The highest BCUT2D eigenvalue weighted by Gasteiger charge is 2.44. The summed E-state index contributed by atoms with van der Waals surface area (Å²) in [4.78, 5) is 11.1. The molecule has 1 aromatic rings. The first-order chi connectivity index (χ1) is 12.3. The van der Waals surface area contributed by atoms with Crippen LogP contribution in [-0.4, -0.2) is 75.9 Å². The van der Waals surface area contributed by atoms with E-state index in [0.717, 1.165) is 0 Å². The zero-order chi connectivity index (χ0) is 19.3. The van der Waals surface area contributed by atoms with Crippen molar-refractivity contribution in [3.8, 4) is 11.5 Å². The molecular formula is C17H24O9. The fourth-order valence-corrected chi connectivity index (χ4v) is 2.69. The van der Waals surface area contributed by atoms with E-state index in [-0.39, 0.29) is 23.9 Å². The number of carbonyl (C=O) groups excluding carboxylic acids is 1. The molecule has 5 N–H and O–H groups in total. The maximum Gasteiger partial charge on any atom is 0.305 e. The molecule has 2 rings (SSSR count). The highest BCUT2D eigenvalue weighted by molar-refractivity contribution is 5.69. The molecule has 5 unspecified atom stereocenters. The van der Waals surface area contributed by atoms with Crippen LogP contribution in [0.5, 0.6) is 11.5 Å². The molecule has 0 amide bonds. The maximum absolute atomic E-state index is 11.1. The summed E-state index contributed by atoms with van der Waals surface area (Å²) in [5.41, 5.74) is 0.688. The van der Waals surface area contributed by atoms with Gasteiger partial charge in [0, 0.05) is 12.5 Å². The zero-order valence-electron chi connectivity index (χ0n) is 14.3. The molecule has 9 nitrogen and oxygen atoms in total. The van der Waals surface area contributed by atoms with Crippen molar-refractivity contribution in [2.75, 3.05) is 13.7 Å². The molecule has 1 heterocycles. The number of carbonyl (C=O) groups is 1. The number of hydrogen-bond donors (Lipinski definition) is 5. The van der Waals surface area contributed by atoms with Gasteiger partial charge in [-0.2, -0.15) is 0 Å². The lowest BCUT2D eigenvalue weighted by Crippen LogP contribution is -2.60. The lowest BCUT2D eigenvalue weighted by molar-refractivity contribution is -0.277. The Labute approximate surface area is 150 Å². The summed E-state index contributed by atoms with van der Waals surface area (Å²) in [5, 5.41) is 48.6. The van der Waals surface area contributed by atoms with Crippen molar-refractivity contribution in [1.29, 1.82) is 0 Å². The molecule has 0 aromatic heterocycles. The summed E-state index contributed by atoms with van der Waals surface area (Å²) >= 11 is 0. The third-order valence-electron chi connectivity index (χ3n) is 4.13. The summed E-state index contributed by atoms with van der Waals surface area (Å²) in [6, 6.07) is 4.40. The molecule has 9 heteroatoms. The van der Waals surface area contributed by atoms with E-state index in [1.807, 2.05) is 0 Å². The molecule has 146 valence electrons. The lowest BCUT2D eigenvalue weighted by Gasteiger charge is -2.39. The molecule has 5 atom stereocenters. The van der Waals surface area contributed by atoms with E-state index in [0.29, 0.717) is 18.4 Å². The third-order valence-corrected chi connectivity index (χ3v) is 4.13. The standard InChI is InChI=1S/C17H24O9/c1-24-13(20)4-2-3-9-5-10(19)7-11(6-9)25-17-16(23)15(22)14(21)12(8-18)26-17/h5-7,12,14-19,21-23H,2-4,8H2,1H3. The molecule has 0 aliphatic carbocycles. The predicted octanol–water partition coefficient (Wildman–Crippen LogP) is -0.933. The van der Waals surface area contributed by atoms with Gasteiger partial charge in [0.15, 0.2) is 0 Å².